The molecule has 6 aromatic carbocycles. The molecule has 0 aliphatic heterocycles. The SMILES string of the molecule is CC(C)COC(=O)c1ccccc1C(=O)OCC(C)C.O=C(O)c1ccccc1C(=O)O.O=C(O)c1ccccc1C(=O)O.O=C(O)c1ccccc1C(=O)O.O=C(O)c1ccccc1C(=O)O.O=C(O)c1ccccc1C(=O)O. The smallest absolute Gasteiger partial charge is 0.339 e. The molecule has 24 nitrogen and oxygen atoms in total. The molecule has 0 unspecified atom stereocenters. The van der Waals surface area contributed by atoms with Crippen molar-refractivity contribution in [2.24, 2.45) is 11.8 Å². The average Bonchev–Trinajstić information content (AvgIpc) is 3.42. The first kappa shape index (κ1) is 67.0. The van der Waals surface area contributed by atoms with Gasteiger partial charge in [-0.3, -0.25) is 0 Å². The highest BCUT2D eigenvalue weighted by atomic mass is 16.5. The lowest BCUT2D eigenvalue weighted by Gasteiger charge is -2.11. The first-order chi connectivity index (χ1) is 37.5. The summed E-state index contributed by atoms with van der Waals surface area (Å²) in [7, 11) is 0. The average molecular weight is 1110 g/mol. The van der Waals surface area contributed by atoms with Gasteiger partial charge in [0.1, 0.15) is 0 Å². The minimum absolute atomic E-state index is 0.190. The van der Waals surface area contributed by atoms with Gasteiger partial charge in [-0.15, -0.1) is 0 Å². The number of ether oxygens (including phenoxy) is 2. The zero-order valence-electron chi connectivity index (χ0n) is 42.6. The Balaban J connectivity index is 0.000000486. The van der Waals surface area contributed by atoms with Crippen LogP contribution in [0.3, 0.4) is 0 Å². The lowest BCUT2D eigenvalue weighted by atomic mass is 10.1. The Morgan fingerprint density at radius 2 is 0.362 bits per heavy atom. The lowest BCUT2D eigenvalue weighted by Crippen LogP contribution is -2.17. The second-order valence-corrected chi connectivity index (χ2v) is 16.3. The van der Waals surface area contributed by atoms with Crippen LogP contribution in [0.5, 0.6) is 0 Å². The number of aromatic carboxylic acids is 10. The normalized spacial score (nSPS) is 9.68. The van der Waals surface area contributed by atoms with Crippen molar-refractivity contribution in [3.05, 3.63) is 212 Å². The number of hydrogen-bond acceptors (Lipinski definition) is 14. The molecule has 0 atom stereocenters. The van der Waals surface area contributed by atoms with Gasteiger partial charge in [-0.1, -0.05) is 100 Å². The minimum Gasteiger partial charge on any atom is -0.478 e. The molecule has 6 rings (SSSR count). The van der Waals surface area contributed by atoms with Crippen molar-refractivity contribution < 1.29 is 118 Å². The highest BCUT2D eigenvalue weighted by Crippen LogP contribution is 2.15. The van der Waals surface area contributed by atoms with Crippen molar-refractivity contribution in [1.29, 1.82) is 0 Å². The van der Waals surface area contributed by atoms with Gasteiger partial charge >= 0.3 is 71.6 Å². The van der Waals surface area contributed by atoms with E-state index in [2.05, 4.69) is 0 Å². The van der Waals surface area contributed by atoms with Gasteiger partial charge in [-0.2, -0.15) is 0 Å². The van der Waals surface area contributed by atoms with Gasteiger partial charge in [0.05, 0.1) is 80.0 Å². The summed E-state index contributed by atoms with van der Waals surface area (Å²) in [6.07, 6.45) is 0. The van der Waals surface area contributed by atoms with Crippen molar-refractivity contribution >= 4 is 71.6 Å². The summed E-state index contributed by atoms with van der Waals surface area (Å²) in [5.74, 6) is -12.8. The van der Waals surface area contributed by atoms with E-state index in [1.165, 1.54) is 121 Å². The molecule has 6 aromatic rings. The van der Waals surface area contributed by atoms with Crippen LogP contribution in [0.1, 0.15) is 152 Å². The van der Waals surface area contributed by atoms with Crippen molar-refractivity contribution in [3.63, 3.8) is 0 Å². The van der Waals surface area contributed by atoms with Gasteiger partial charge in [0, 0.05) is 0 Å². The molecule has 0 saturated carbocycles. The monoisotopic (exact) mass is 1110 g/mol. The summed E-state index contributed by atoms with van der Waals surface area (Å²) in [6, 6.07) is 33.9. The van der Waals surface area contributed by atoms with E-state index in [1.54, 1.807) is 24.3 Å². The molecular weight excluding hydrogens is 1060 g/mol. The first-order valence-electron chi connectivity index (χ1n) is 22.8. The molecular formula is C56H52O24. The van der Waals surface area contributed by atoms with Crippen molar-refractivity contribution in [3.8, 4) is 0 Å². The molecule has 24 heteroatoms. The molecule has 0 saturated heterocycles. The van der Waals surface area contributed by atoms with Gasteiger partial charge in [-0.25, -0.2) is 57.5 Å². The van der Waals surface area contributed by atoms with Gasteiger partial charge < -0.3 is 60.5 Å². The number of rotatable bonds is 16. The molecule has 0 spiro atoms. The van der Waals surface area contributed by atoms with E-state index >= 15 is 0 Å². The van der Waals surface area contributed by atoms with Crippen LogP contribution < -0.4 is 0 Å². The van der Waals surface area contributed by atoms with Crippen LogP contribution in [0.25, 0.3) is 0 Å². The van der Waals surface area contributed by atoms with Crippen molar-refractivity contribution in [2.75, 3.05) is 13.2 Å². The molecule has 80 heavy (non-hydrogen) atoms. The number of esters is 2. The van der Waals surface area contributed by atoms with Crippen LogP contribution in [0.15, 0.2) is 146 Å². The molecule has 0 aliphatic rings. The standard InChI is InChI=1S/C16H22O4.5C8H6O4/c1-11(2)9-19-15(17)13-7-5-6-8-14(13)16(18)20-10-12(3)4;5*9-7(10)5-3-1-2-4-6(5)8(11)12/h5-8,11-12H,9-10H2,1-4H3;5*1-4H,(H,9,10)(H,11,12). The van der Waals surface area contributed by atoms with Crippen LogP contribution in [0, 0.1) is 11.8 Å². The van der Waals surface area contributed by atoms with E-state index in [1.807, 2.05) is 27.7 Å². The number of carboxylic acid groups (broad SMARTS) is 10. The van der Waals surface area contributed by atoms with Crippen molar-refractivity contribution in [1.82, 2.24) is 0 Å². The van der Waals surface area contributed by atoms with E-state index in [9.17, 15) is 57.5 Å². The number of benzene rings is 6. The highest BCUT2D eigenvalue weighted by molar-refractivity contribution is 6.05. The fourth-order valence-electron chi connectivity index (χ4n) is 5.76. The van der Waals surface area contributed by atoms with Gasteiger partial charge in [0.15, 0.2) is 0 Å². The quantitative estimate of drug-likeness (QED) is 0.0405. The molecule has 0 aromatic heterocycles. The van der Waals surface area contributed by atoms with E-state index in [-0.39, 0.29) is 78.6 Å². The second kappa shape index (κ2) is 33.8. The molecule has 0 aliphatic carbocycles. The van der Waals surface area contributed by atoms with Crippen LogP contribution in [0.2, 0.25) is 0 Å². The summed E-state index contributed by atoms with van der Waals surface area (Å²) in [5.41, 5.74) is -1.39. The second-order valence-electron chi connectivity index (χ2n) is 16.3. The summed E-state index contributed by atoms with van der Waals surface area (Å²) < 4.78 is 10.3. The predicted molar refractivity (Wildman–Crippen MR) is 278 cm³/mol. The Kier molecular flexibility index (Phi) is 28.3. The fourth-order valence-corrected chi connectivity index (χ4v) is 5.76. The van der Waals surface area contributed by atoms with Crippen molar-refractivity contribution in [2.45, 2.75) is 27.7 Å². The molecule has 0 fully saturated rings. The molecule has 0 bridgehead atoms. The Morgan fingerprint density at radius 3 is 0.463 bits per heavy atom. The minimum atomic E-state index is -1.23. The number of carbonyl (C=O) groups is 12. The van der Waals surface area contributed by atoms with Crippen LogP contribution in [-0.4, -0.2) is 136 Å². The maximum Gasteiger partial charge on any atom is 0.339 e. The van der Waals surface area contributed by atoms with Crippen LogP contribution >= 0.6 is 0 Å². The van der Waals surface area contributed by atoms with E-state index in [0.717, 1.165) is 0 Å². The predicted octanol–water partition coefficient (Wildman–Crippen LogP) is 8.73. The van der Waals surface area contributed by atoms with Crippen LogP contribution in [-0.2, 0) is 9.47 Å². The number of carbonyl (C=O) groups excluding carboxylic acids is 2. The largest absolute Gasteiger partial charge is 0.478 e. The molecule has 10 N–H and O–H groups in total. The topological polar surface area (TPSA) is 426 Å². The number of carboxylic acids is 10. The Bertz CT molecular complexity index is 2610. The third kappa shape index (κ3) is 22.8. The Morgan fingerprint density at radius 1 is 0.250 bits per heavy atom. The summed E-state index contributed by atoms with van der Waals surface area (Å²) in [6.45, 7) is 8.47. The summed E-state index contributed by atoms with van der Waals surface area (Å²) in [4.78, 5) is 129. The molecule has 0 heterocycles. The van der Waals surface area contributed by atoms with Crippen LogP contribution in [0.4, 0.5) is 0 Å². The molecule has 0 amide bonds. The Labute approximate surface area is 453 Å². The van der Waals surface area contributed by atoms with E-state index in [4.69, 9.17) is 60.5 Å². The molecule has 420 valence electrons. The van der Waals surface area contributed by atoms with E-state index < -0.39 is 71.6 Å². The highest BCUT2D eigenvalue weighted by Gasteiger charge is 2.21. The zero-order valence-corrected chi connectivity index (χ0v) is 42.6. The third-order valence-electron chi connectivity index (χ3n) is 9.40. The van der Waals surface area contributed by atoms with Gasteiger partial charge in [0.2, 0.25) is 0 Å². The van der Waals surface area contributed by atoms with Gasteiger partial charge in [-0.05, 0) is 84.6 Å². The number of hydrogen-bond donors (Lipinski definition) is 10. The van der Waals surface area contributed by atoms with E-state index in [0.29, 0.717) is 13.2 Å². The van der Waals surface area contributed by atoms with Gasteiger partial charge in [0.25, 0.3) is 0 Å². The summed E-state index contributed by atoms with van der Waals surface area (Å²) in [5, 5.41) is 85.5. The fraction of sp³-hybridized carbons (Fsp3) is 0.143. The summed E-state index contributed by atoms with van der Waals surface area (Å²) >= 11 is 0. The zero-order chi connectivity index (χ0) is 60.8. The Hall–Kier alpha value is -11.0. The maximum atomic E-state index is 12.0. The lowest BCUT2D eigenvalue weighted by molar-refractivity contribution is 0.0412. The third-order valence-corrected chi connectivity index (χ3v) is 9.40. The maximum absolute atomic E-state index is 12.0. The molecule has 0 radical (unpaired) electrons. The first-order valence-corrected chi connectivity index (χ1v) is 22.8.